The summed E-state index contributed by atoms with van der Waals surface area (Å²) in [5.41, 5.74) is 2.49. The van der Waals surface area contributed by atoms with Crippen molar-refractivity contribution < 1.29 is 17.9 Å². The van der Waals surface area contributed by atoms with E-state index in [1.165, 1.54) is 10.9 Å². The molecule has 8 nitrogen and oxygen atoms in total. The lowest BCUT2D eigenvalue weighted by Gasteiger charge is -2.21. The molecule has 10 heteroatoms. The third kappa shape index (κ3) is 4.79. The van der Waals surface area contributed by atoms with Gasteiger partial charge in [0.2, 0.25) is 21.8 Å². The molecule has 30 heavy (non-hydrogen) atoms. The third-order valence-corrected chi connectivity index (χ3v) is 6.50. The fourth-order valence-corrected chi connectivity index (χ4v) is 4.65. The molecule has 0 bridgehead atoms. The number of hydrogen-bond acceptors (Lipinski definition) is 5. The molecule has 1 aromatic carbocycles. The van der Waals surface area contributed by atoms with E-state index in [1.807, 2.05) is 39.8 Å². The zero-order valence-corrected chi connectivity index (χ0v) is 19.1. The van der Waals surface area contributed by atoms with Gasteiger partial charge in [-0.2, -0.15) is 5.10 Å². The summed E-state index contributed by atoms with van der Waals surface area (Å²) in [6.45, 7) is 8.66. The maximum Gasteiger partial charge on any atom is 0.248 e. The Morgan fingerprint density at radius 2 is 1.87 bits per heavy atom. The van der Waals surface area contributed by atoms with E-state index in [2.05, 4.69) is 15.1 Å². The number of aromatic nitrogens is 2. The predicted octanol–water partition coefficient (Wildman–Crippen LogP) is 3.48. The zero-order valence-electron chi connectivity index (χ0n) is 17.5. The van der Waals surface area contributed by atoms with E-state index in [1.54, 1.807) is 0 Å². The summed E-state index contributed by atoms with van der Waals surface area (Å²) in [6, 6.07) is 3.66. The Labute approximate surface area is 182 Å². The fourth-order valence-electron chi connectivity index (χ4n) is 3.36. The molecule has 0 saturated heterocycles. The van der Waals surface area contributed by atoms with Crippen LogP contribution in [0.5, 0.6) is 5.88 Å². The van der Waals surface area contributed by atoms with Crippen molar-refractivity contribution in [3.63, 3.8) is 0 Å². The lowest BCUT2D eigenvalue weighted by Crippen LogP contribution is -2.33. The minimum absolute atomic E-state index is 0.0627. The van der Waals surface area contributed by atoms with Crippen molar-refractivity contribution in [3.05, 3.63) is 34.5 Å². The minimum Gasteiger partial charge on any atom is -0.477 e. The van der Waals surface area contributed by atoms with Crippen LogP contribution in [0.2, 0.25) is 5.02 Å². The zero-order chi connectivity index (χ0) is 22.1. The number of ether oxygens (including phenoxy) is 1. The Balaban J connectivity index is 1.77. The van der Waals surface area contributed by atoms with Crippen LogP contribution in [0.3, 0.4) is 0 Å². The largest absolute Gasteiger partial charge is 0.477 e. The molecule has 164 valence electrons. The van der Waals surface area contributed by atoms with Gasteiger partial charge in [0.1, 0.15) is 0 Å². The Kier molecular flexibility index (Phi) is 6.74. The summed E-state index contributed by atoms with van der Waals surface area (Å²) < 4.78 is 34.6. The number of nitrogens with one attached hydrogen (secondary N) is 2. The second-order valence-electron chi connectivity index (χ2n) is 7.88. The second-order valence-corrected chi connectivity index (χ2v) is 10.1. The van der Waals surface area contributed by atoms with E-state index in [0.717, 1.165) is 17.5 Å². The van der Waals surface area contributed by atoms with Gasteiger partial charge in [0.25, 0.3) is 0 Å². The van der Waals surface area contributed by atoms with Crippen molar-refractivity contribution in [2.24, 2.45) is 0 Å². The number of sulfonamides is 1. The van der Waals surface area contributed by atoms with E-state index in [4.69, 9.17) is 16.3 Å². The molecule has 0 spiro atoms. The van der Waals surface area contributed by atoms with Gasteiger partial charge in [-0.05, 0) is 35.1 Å². The number of aryl methyl sites for hydroxylation is 1. The van der Waals surface area contributed by atoms with Gasteiger partial charge in [-0.3, -0.25) is 4.79 Å². The van der Waals surface area contributed by atoms with Gasteiger partial charge in [-0.25, -0.2) is 17.8 Å². The smallest absolute Gasteiger partial charge is 0.248 e. The van der Waals surface area contributed by atoms with Crippen molar-refractivity contribution in [3.8, 4) is 5.88 Å². The van der Waals surface area contributed by atoms with Crippen LogP contribution in [-0.4, -0.2) is 37.3 Å². The molecular weight excluding hydrogens is 428 g/mol. The quantitative estimate of drug-likeness (QED) is 0.666. The molecule has 0 fully saturated rings. The number of nitrogens with zero attached hydrogens (tertiary/aromatic N) is 2. The highest BCUT2D eigenvalue weighted by atomic mass is 35.5. The molecule has 2 aromatic rings. The number of rotatable bonds is 7. The first-order chi connectivity index (χ1) is 14.1. The lowest BCUT2D eigenvalue weighted by atomic mass is 9.92. The van der Waals surface area contributed by atoms with Crippen molar-refractivity contribution >= 4 is 33.2 Å². The Bertz CT molecular complexity index is 1020. The summed E-state index contributed by atoms with van der Waals surface area (Å²) in [5, 5.41) is 7.52. The van der Waals surface area contributed by atoms with Crippen molar-refractivity contribution in [2.45, 2.75) is 57.4 Å². The first kappa shape index (κ1) is 22.6. The number of anilines is 1. The number of benzene rings is 1. The molecule has 0 atom stereocenters. The molecule has 2 heterocycles. The molecule has 1 aliphatic heterocycles. The molecule has 0 radical (unpaired) electrons. The van der Waals surface area contributed by atoms with Crippen LogP contribution in [-0.2, 0) is 21.4 Å². The molecule has 1 aliphatic rings. The van der Waals surface area contributed by atoms with Crippen LogP contribution in [0.25, 0.3) is 0 Å². The predicted molar refractivity (Wildman–Crippen MR) is 116 cm³/mol. The van der Waals surface area contributed by atoms with Crippen LogP contribution in [0, 0.1) is 0 Å². The average molecular weight is 455 g/mol. The van der Waals surface area contributed by atoms with Gasteiger partial charge >= 0.3 is 0 Å². The van der Waals surface area contributed by atoms with E-state index in [0.29, 0.717) is 23.9 Å². The van der Waals surface area contributed by atoms with E-state index >= 15 is 0 Å². The highest BCUT2D eigenvalue weighted by Crippen LogP contribution is 2.35. The van der Waals surface area contributed by atoms with Gasteiger partial charge in [-0.1, -0.05) is 39.3 Å². The normalized spacial score (nSPS) is 14.0. The number of hydrogen-bond donors (Lipinski definition) is 2. The molecule has 0 aliphatic carbocycles. The average Bonchev–Trinajstić information content (AvgIpc) is 3.12. The molecule has 1 aromatic heterocycles. The molecule has 1 amide bonds. The van der Waals surface area contributed by atoms with E-state index < -0.39 is 22.5 Å². The summed E-state index contributed by atoms with van der Waals surface area (Å²) in [4.78, 5) is 12.6. The molecule has 0 unspecified atom stereocenters. The number of fused-ring (bicyclic) bond motifs is 1. The van der Waals surface area contributed by atoms with Gasteiger partial charge < -0.3 is 10.1 Å². The SMILES string of the molecule is CC(C)c1cc(Cl)cc(C(C)C)c1NC(=O)CNS(=O)(=O)c1cnn2c1OCCC2. The van der Waals surface area contributed by atoms with Crippen LogP contribution >= 0.6 is 11.6 Å². The van der Waals surface area contributed by atoms with Crippen LogP contribution in [0.1, 0.15) is 57.1 Å². The maximum atomic E-state index is 12.7. The van der Waals surface area contributed by atoms with Crippen LogP contribution in [0.15, 0.2) is 23.2 Å². The molecule has 3 rings (SSSR count). The second kappa shape index (κ2) is 8.95. The summed E-state index contributed by atoms with van der Waals surface area (Å²) in [7, 11) is -3.95. The molecular formula is C20H27ClN4O4S. The maximum absolute atomic E-state index is 12.7. The number of carbonyl (C=O) groups is 1. The molecule has 0 saturated carbocycles. The Morgan fingerprint density at radius 1 is 1.23 bits per heavy atom. The monoisotopic (exact) mass is 454 g/mol. The van der Waals surface area contributed by atoms with Crippen molar-refractivity contribution in [2.75, 3.05) is 18.5 Å². The standard InChI is InChI=1S/C20H27ClN4O4S/c1-12(2)15-8-14(21)9-16(13(3)4)19(15)24-18(26)11-23-30(27,28)17-10-22-25-6-5-7-29-20(17)25/h8-10,12-13,23H,5-7,11H2,1-4H3,(H,24,26). The van der Waals surface area contributed by atoms with Crippen LogP contribution in [0.4, 0.5) is 5.69 Å². The van der Waals surface area contributed by atoms with Gasteiger partial charge in [0, 0.05) is 23.7 Å². The van der Waals surface area contributed by atoms with Gasteiger partial charge in [0.15, 0.2) is 4.90 Å². The fraction of sp³-hybridized carbons (Fsp3) is 0.500. The highest BCUT2D eigenvalue weighted by molar-refractivity contribution is 7.89. The molecule has 2 N–H and O–H groups in total. The number of amides is 1. The number of halogens is 1. The first-order valence-electron chi connectivity index (χ1n) is 9.91. The van der Waals surface area contributed by atoms with Crippen LogP contribution < -0.4 is 14.8 Å². The highest BCUT2D eigenvalue weighted by Gasteiger charge is 2.27. The summed E-state index contributed by atoms with van der Waals surface area (Å²) in [6.07, 6.45) is 2.01. The number of carbonyl (C=O) groups excluding carboxylic acids is 1. The van der Waals surface area contributed by atoms with Gasteiger partial charge in [-0.15, -0.1) is 0 Å². The van der Waals surface area contributed by atoms with Crippen molar-refractivity contribution in [1.29, 1.82) is 0 Å². The summed E-state index contributed by atoms with van der Waals surface area (Å²) >= 11 is 6.26. The third-order valence-electron chi connectivity index (χ3n) is 4.90. The minimum atomic E-state index is -3.95. The lowest BCUT2D eigenvalue weighted by molar-refractivity contribution is -0.115. The van der Waals surface area contributed by atoms with E-state index in [-0.39, 0.29) is 22.6 Å². The Hall–Kier alpha value is -2.10. The van der Waals surface area contributed by atoms with E-state index in [9.17, 15) is 13.2 Å². The Morgan fingerprint density at radius 3 is 2.47 bits per heavy atom. The summed E-state index contributed by atoms with van der Waals surface area (Å²) in [5.74, 6) is -0.00346. The van der Waals surface area contributed by atoms with Crippen molar-refractivity contribution in [1.82, 2.24) is 14.5 Å². The topological polar surface area (TPSA) is 102 Å². The van der Waals surface area contributed by atoms with Gasteiger partial charge in [0.05, 0.1) is 19.3 Å². The first-order valence-corrected chi connectivity index (χ1v) is 11.8.